The number of amides is 3. The van der Waals surface area contributed by atoms with E-state index in [0.717, 1.165) is 15.9 Å². The number of aliphatic hydroxyl groups is 4. The van der Waals surface area contributed by atoms with E-state index in [-0.39, 0.29) is 23.5 Å². The van der Waals surface area contributed by atoms with Crippen molar-refractivity contribution in [1.29, 1.82) is 0 Å². The molecule has 0 aliphatic carbocycles. The maximum absolute atomic E-state index is 12.4. The molecule has 1 aromatic heterocycles. The van der Waals surface area contributed by atoms with E-state index in [0.29, 0.717) is 0 Å². The molecular formula is C17H19N7O7. The van der Waals surface area contributed by atoms with Crippen LogP contribution in [-0.4, -0.2) is 94.4 Å². The molecule has 0 saturated heterocycles. The van der Waals surface area contributed by atoms with Crippen molar-refractivity contribution in [2.75, 3.05) is 6.61 Å². The van der Waals surface area contributed by atoms with Crippen molar-refractivity contribution >= 4 is 23.9 Å². The van der Waals surface area contributed by atoms with E-state index in [1.807, 2.05) is 0 Å². The molecule has 1 aliphatic heterocycles. The van der Waals surface area contributed by atoms with Crippen molar-refractivity contribution in [2.45, 2.75) is 31.4 Å². The lowest BCUT2D eigenvalue weighted by molar-refractivity contribution is -0.122. The normalized spacial score (nSPS) is 16.5. The second kappa shape index (κ2) is 9.48. The zero-order chi connectivity index (χ0) is 22.5. The molecule has 2 heterocycles. The Bertz CT molecular complexity index is 973. The Labute approximate surface area is 174 Å². The van der Waals surface area contributed by atoms with Crippen LogP contribution in [0.3, 0.4) is 0 Å². The van der Waals surface area contributed by atoms with Crippen LogP contribution >= 0.6 is 0 Å². The molecule has 5 N–H and O–H groups in total. The fourth-order valence-corrected chi connectivity index (χ4v) is 2.70. The SMILES string of the molecule is O=C(Cn1nnc(CN2C(=O)c3ccccc3C2=O)n1)N/N=C/[C@H](O)[C@@H](O)[C@H](O)CO. The topological polar surface area (TPSA) is 203 Å². The minimum absolute atomic E-state index is 0.0438. The number of carbonyl (C=O) groups excluding carboxylic acids is 3. The van der Waals surface area contributed by atoms with Crippen molar-refractivity contribution < 1.29 is 34.8 Å². The average Bonchev–Trinajstić information content (AvgIpc) is 3.30. The van der Waals surface area contributed by atoms with Gasteiger partial charge in [-0.3, -0.25) is 19.3 Å². The summed E-state index contributed by atoms with van der Waals surface area (Å²) < 4.78 is 0. The highest BCUT2D eigenvalue weighted by atomic mass is 16.4. The average molecular weight is 433 g/mol. The molecule has 3 atom stereocenters. The van der Waals surface area contributed by atoms with Gasteiger partial charge < -0.3 is 20.4 Å². The maximum atomic E-state index is 12.4. The molecule has 3 rings (SSSR count). The van der Waals surface area contributed by atoms with E-state index < -0.39 is 49.2 Å². The Balaban J connectivity index is 1.52. The molecule has 31 heavy (non-hydrogen) atoms. The molecule has 0 spiro atoms. The van der Waals surface area contributed by atoms with Crippen molar-refractivity contribution in [2.24, 2.45) is 5.10 Å². The predicted octanol–water partition coefficient (Wildman–Crippen LogP) is -3.35. The number of hydrazone groups is 1. The number of carbonyl (C=O) groups is 3. The van der Waals surface area contributed by atoms with Crippen LogP contribution in [0.1, 0.15) is 26.5 Å². The minimum Gasteiger partial charge on any atom is -0.394 e. The highest BCUT2D eigenvalue weighted by Gasteiger charge is 2.35. The molecular weight excluding hydrogens is 414 g/mol. The van der Waals surface area contributed by atoms with E-state index in [1.165, 1.54) is 0 Å². The Morgan fingerprint density at radius 1 is 1.16 bits per heavy atom. The maximum Gasteiger partial charge on any atom is 0.263 e. The molecule has 0 radical (unpaired) electrons. The minimum atomic E-state index is -1.69. The van der Waals surface area contributed by atoms with Gasteiger partial charge in [-0.1, -0.05) is 12.1 Å². The summed E-state index contributed by atoms with van der Waals surface area (Å²) in [4.78, 5) is 38.5. The molecule has 0 unspecified atom stereocenters. The van der Waals surface area contributed by atoms with Gasteiger partial charge in [0.15, 0.2) is 5.82 Å². The van der Waals surface area contributed by atoms with E-state index >= 15 is 0 Å². The number of imide groups is 1. The van der Waals surface area contributed by atoms with E-state index in [2.05, 4.69) is 25.9 Å². The van der Waals surface area contributed by atoms with Crippen molar-refractivity contribution in [3.05, 3.63) is 41.2 Å². The van der Waals surface area contributed by atoms with Gasteiger partial charge in [-0.2, -0.15) is 9.90 Å². The third kappa shape index (κ3) is 4.95. The first kappa shape index (κ1) is 22.1. The molecule has 0 fully saturated rings. The molecule has 0 bridgehead atoms. The number of aliphatic hydroxyl groups excluding tert-OH is 4. The van der Waals surface area contributed by atoms with Crippen LogP contribution in [0.25, 0.3) is 0 Å². The monoisotopic (exact) mass is 433 g/mol. The Morgan fingerprint density at radius 3 is 2.42 bits per heavy atom. The van der Waals surface area contributed by atoms with E-state index in [9.17, 15) is 29.7 Å². The van der Waals surface area contributed by atoms with Crippen LogP contribution in [0.4, 0.5) is 0 Å². The van der Waals surface area contributed by atoms with Gasteiger partial charge in [0.05, 0.1) is 30.5 Å². The predicted molar refractivity (Wildman–Crippen MR) is 100 cm³/mol. The zero-order valence-corrected chi connectivity index (χ0v) is 15.9. The smallest absolute Gasteiger partial charge is 0.263 e. The van der Waals surface area contributed by atoms with Gasteiger partial charge in [0, 0.05) is 0 Å². The van der Waals surface area contributed by atoms with Crippen LogP contribution < -0.4 is 5.43 Å². The lowest BCUT2D eigenvalue weighted by Gasteiger charge is -2.17. The van der Waals surface area contributed by atoms with Crippen LogP contribution in [0.5, 0.6) is 0 Å². The molecule has 164 valence electrons. The zero-order valence-electron chi connectivity index (χ0n) is 15.9. The fraction of sp³-hybridized carbons (Fsp3) is 0.353. The Kier molecular flexibility index (Phi) is 6.76. The summed E-state index contributed by atoms with van der Waals surface area (Å²) in [6.45, 7) is -1.40. The largest absolute Gasteiger partial charge is 0.394 e. The molecule has 1 aromatic carbocycles. The number of fused-ring (bicyclic) bond motifs is 1. The number of nitrogens with one attached hydrogen (secondary N) is 1. The molecule has 0 saturated carbocycles. The first-order valence-corrected chi connectivity index (χ1v) is 9.00. The van der Waals surface area contributed by atoms with Crippen LogP contribution in [0.15, 0.2) is 29.4 Å². The Hall–Kier alpha value is -3.59. The van der Waals surface area contributed by atoms with Crippen LogP contribution in [-0.2, 0) is 17.9 Å². The number of rotatable bonds is 9. The molecule has 3 amide bonds. The summed E-state index contributed by atoms with van der Waals surface area (Å²) in [5, 5.41) is 51.7. The summed E-state index contributed by atoms with van der Waals surface area (Å²) in [7, 11) is 0. The van der Waals surface area contributed by atoms with Gasteiger partial charge in [0.1, 0.15) is 24.9 Å². The number of benzene rings is 1. The van der Waals surface area contributed by atoms with Crippen LogP contribution in [0, 0.1) is 0 Å². The molecule has 1 aliphatic rings. The summed E-state index contributed by atoms with van der Waals surface area (Å²) in [5.74, 6) is -1.61. The molecule has 2 aromatic rings. The number of hydrogen-bond donors (Lipinski definition) is 5. The van der Waals surface area contributed by atoms with Gasteiger partial charge in [-0.25, -0.2) is 5.43 Å². The fourth-order valence-electron chi connectivity index (χ4n) is 2.70. The van der Waals surface area contributed by atoms with Crippen molar-refractivity contribution in [3.63, 3.8) is 0 Å². The first-order chi connectivity index (χ1) is 14.8. The number of aromatic nitrogens is 4. The van der Waals surface area contributed by atoms with Crippen LogP contribution in [0.2, 0.25) is 0 Å². The van der Waals surface area contributed by atoms with Gasteiger partial charge in [0.2, 0.25) is 0 Å². The van der Waals surface area contributed by atoms with Gasteiger partial charge >= 0.3 is 0 Å². The lowest BCUT2D eigenvalue weighted by Crippen LogP contribution is -2.40. The summed E-state index contributed by atoms with van der Waals surface area (Å²) in [6, 6.07) is 6.39. The third-order valence-corrected chi connectivity index (χ3v) is 4.30. The first-order valence-electron chi connectivity index (χ1n) is 9.00. The summed E-state index contributed by atoms with van der Waals surface area (Å²) in [6.07, 6.45) is -4.12. The van der Waals surface area contributed by atoms with Crippen molar-refractivity contribution in [1.82, 2.24) is 30.5 Å². The van der Waals surface area contributed by atoms with Gasteiger partial charge in [-0.15, -0.1) is 10.2 Å². The summed E-state index contributed by atoms with van der Waals surface area (Å²) in [5.41, 5.74) is 2.63. The van der Waals surface area contributed by atoms with Crippen molar-refractivity contribution in [3.8, 4) is 0 Å². The second-order valence-electron chi connectivity index (χ2n) is 6.52. The quantitative estimate of drug-likeness (QED) is 0.151. The highest BCUT2D eigenvalue weighted by molar-refractivity contribution is 6.21. The third-order valence-electron chi connectivity index (χ3n) is 4.30. The lowest BCUT2D eigenvalue weighted by atomic mass is 10.1. The summed E-state index contributed by atoms with van der Waals surface area (Å²) >= 11 is 0. The standard InChI is InChI=1S/C17H19N7O7/c25-8-12(27)15(29)11(26)5-18-20-14(28)7-24-21-13(19-22-24)6-23-16(30)9-3-1-2-4-10(9)17(23)31/h1-5,11-12,15,25-27,29H,6-8H2,(H,20,28)/b18-5+/t11-,12+,15+/m0/s1. The van der Waals surface area contributed by atoms with Gasteiger partial charge in [-0.05, 0) is 17.3 Å². The number of nitrogens with zero attached hydrogens (tertiary/aromatic N) is 6. The van der Waals surface area contributed by atoms with Gasteiger partial charge in [0.25, 0.3) is 17.7 Å². The number of hydrogen-bond acceptors (Lipinski definition) is 11. The Morgan fingerprint density at radius 2 is 1.81 bits per heavy atom. The number of tetrazole rings is 1. The van der Waals surface area contributed by atoms with E-state index in [1.54, 1.807) is 24.3 Å². The van der Waals surface area contributed by atoms with E-state index in [4.69, 9.17) is 5.11 Å². The second-order valence-corrected chi connectivity index (χ2v) is 6.52. The molecule has 14 nitrogen and oxygen atoms in total. The highest BCUT2D eigenvalue weighted by Crippen LogP contribution is 2.23. The molecule has 14 heteroatoms.